The number of hydrogen-bond acceptors (Lipinski definition) is 5. The quantitative estimate of drug-likeness (QED) is 0.820. The van der Waals surface area contributed by atoms with Gasteiger partial charge in [0.2, 0.25) is 11.8 Å². The summed E-state index contributed by atoms with van der Waals surface area (Å²) < 4.78 is 5.37. The van der Waals surface area contributed by atoms with Gasteiger partial charge < -0.3 is 14.7 Å². The summed E-state index contributed by atoms with van der Waals surface area (Å²) in [5.41, 5.74) is 1.88. The van der Waals surface area contributed by atoms with Gasteiger partial charge in [0.05, 0.1) is 0 Å². The zero-order chi connectivity index (χ0) is 17.6. The minimum Gasteiger partial charge on any atom is -0.374 e. The smallest absolute Gasteiger partial charge is 0.248 e. The molecule has 0 bridgehead atoms. The summed E-state index contributed by atoms with van der Waals surface area (Å²) in [5.74, 6) is 1.55. The molecule has 1 aromatic heterocycles. The van der Waals surface area contributed by atoms with Gasteiger partial charge in [-0.1, -0.05) is 24.6 Å². The fourth-order valence-electron chi connectivity index (χ4n) is 3.03. The average molecular weight is 342 g/mol. The van der Waals surface area contributed by atoms with Crippen molar-refractivity contribution in [2.45, 2.75) is 58.4 Å². The molecule has 1 N–H and O–H groups in total. The highest BCUT2D eigenvalue weighted by Gasteiger charge is 2.20. The molecular formula is C19H26N4O2. The number of aryl methyl sites for hydroxylation is 1. The average Bonchev–Trinajstić information content (AvgIpc) is 3.10. The lowest BCUT2D eigenvalue weighted by Gasteiger charge is -2.27. The maximum atomic E-state index is 12.1. The Hall–Kier alpha value is -2.37. The van der Waals surface area contributed by atoms with Crippen molar-refractivity contribution in [3.63, 3.8) is 0 Å². The van der Waals surface area contributed by atoms with Gasteiger partial charge in [0.15, 0.2) is 5.82 Å². The van der Waals surface area contributed by atoms with Crippen LogP contribution >= 0.6 is 0 Å². The molecule has 1 aromatic carbocycles. The van der Waals surface area contributed by atoms with E-state index in [0.717, 1.165) is 55.8 Å². The third-order valence-corrected chi connectivity index (χ3v) is 4.47. The SMILES string of the molecule is CCCCc1noc([C@H](C)Nc2cccc(N3CCCCC3=O)c2)n1. The predicted molar refractivity (Wildman–Crippen MR) is 97.6 cm³/mol. The number of nitrogens with zero attached hydrogens (tertiary/aromatic N) is 3. The second-order valence-electron chi connectivity index (χ2n) is 6.57. The zero-order valence-corrected chi connectivity index (χ0v) is 15.0. The standard InChI is InChI=1S/C19H26N4O2/c1-3-4-10-17-21-19(25-22-17)14(2)20-15-8-7-9-16(13-15)23-12-6-5-11-18(23)24/h7-9,13-14,20H,3-6,10-12H2,1-2H3/t14-/m0/s1. The zero-order valence-electron chi connectivity index (χ0n) is 15.0. The van der Waals surface area contributed by atoms with Gasteiger partial charge in [-0.15, -0.1) is 0 Å². The van der Waals surface area contributed by atoms with Gasteiger partial charge in [-0.3, -0.25) is 4.79 Å². The summed E-state index contributed by atoms with van der Waals surface area (Å²) in [4.78, 5) is 18.4. The molecule has 2 aromatic rings. The number of rotatable bonds is 7. The Morgan fingerprint density at radius 2 is 2.24 bits per heavy atom. The molecule has 1 aliphatic rings. The Kier molecular flexibility index (Phi) is 5.68. The summed E-state index contributed by atoms with van der Waals surface area (Å²) in [6.45, 7) is 4.93. The lowest BCUT2D eigenvalue weighted by atomic mass is 10.1. The maximum Gasteiger partial charge on any atom is 0.248 e. The molecule has 0 unspecified atom stereocenters. The normalized spacial score (nSPS) is 16.1. The number of carbonyl (C=O) groups excluding carboxylic acids is 1. The molecular weight excluding hydrogens is 316 g/mol. The first-order chi connectivity index (χ1) is 12.2. The number of benzene rings is 1. The molecule has 25 heavy (non-hydrogen) atoms. The van der Waals surface area contributed by atoms with Crippen molar-refractivity contribution in [1.29, 1.82) is 0 Å². The van der Waals surface area contributed by atoms with Gasteiger partial charge in [-0.25, -0.2) is 0 Å². The van der Waals surface area contributed by atoms with Gasteiger partial charge >= 0.3 is 0 Å². The molecule has 1 amide bonds. The molecule has 3 rings (SSSR count). The van der Waals surface area contributed by atoms with Crippen LogP contribution in [0.2, 0.25) is 0 Å². The van der Waals surface area contributed by atoms with Crippen LogP contribution in [-0.2, 0) is 11.2 Å². The van der Waals surface area contributed by atoms with Gasteiger partial charge in [0.25, 0.3) is 0 Å². The van der Waals surface area contributed by atoms with E-state index in [4.69, 9.17) is 4.52 Å². The van der Waals surface area contributed by atoms with Crippen molar-refractivity contribution in [1.82, 2.24) is 10.1 Å². The third-order valence-electron chi connectivity index (χ3n) is 4.47. The minimum absolute atomic E-state index is 0.0878. The van der Waals surface area contributed by atoms with Crippen molar-refractivity contribution >= 4 is 17.3 Å². The topological polar surface area (TPSA) is 71.3 Å². The second kappa shape index (κ2) is 8.14. The van der Waals surface area contributed by atoms with Crippen LogP contribution in [0.4, 0.5) is 11.4 Å². The van der Waals surface area contributed by atoms with Gasteiger partial charge in [-0.2, -0.15) is 4.98 Å². The van der Waals surface area contributed by atoms with E-state index in [0.29, 0.717) is 12.3 Å². The van der Waals surface area contributed by atoms with Crippen molar-refractivity contribution in [2.24, 2.45) is 0 Å². The van der Waals surface area contributed by atoms with Crippen molar-refractivity contribution in [3.05, 3.63) is 36.0 Å². The minimum atomic E-state index is -0.0878. The van der Waals surface area contributed by atoms with E-state index in [9.17, 15) is 4.79 Å². The number of amides is 1. The molecule has 0 saturated carbocycles. The summed E-state index contributed by atoms with van der Waals surface area (Å²) in [6.07, 6.45) is 5.70. The van der Waals surface area contributed by atoms with E-state index in [1.54, 1.807) is 0 Å². The molecule has 6 nitrogen and oxygen atoms in total. The Morgan fingerprint density at radius 3 is 3.04 bits per heavy atom. The third kappa shape index (κ3) is 4.38. The fourth-order valence-corrected chi connectivity index (χ4v) is 3.03. The number of piperidine rings is 1. The van der Waals surface area contributed by atoms with Crippen LogP contribution in [0.25, 0.3) is 0 Å². The van der Waals surface area contributed by atoms with Crippen LogP contribution in [0.5, 0.6) is 0 Å². The van der Waals surface area contributed by atoms with Gasteiger partial charge in [-0.05, 0) is 44.4 Å². The van der Waals surface area contributed by atoms with E-state index in [1.165, 1.54) is 0 Å². The maximum absolute atomic E-state index is 12.1. The highest BCUT2D eigenvalue weighted by atomic mass is 16.5. The van der Waals surface area contributed by atoms with E-state index < -0.39 is 0 Å². The number of unbranched alkanes of at least 4 members (excludes halogenated alkanes) is 1. The number of carbonyl (C=O) groups is 1. The van der Waals surface area contributed by atoms with Crippen LogP contribution in [0, 0.1) is 0 Å². The summed E-state index contributed by atoms with van der Waals surface area (Å²) in [6, 6.07) is 7.85. The van der Waals surface area contributed by atoms with E-state index in [1.807, 2.05) is 36.1 Å². The Bertz CT molecular complexity index is 713. The second-order valence-corrected chi connectivity index (χ2v) is 6.57. The summed E-state index contributed by atoms with van der Waals surface area (Å²) in [5, 5.41) is 7.43. The number of anilines is 2. The number of aromatic nitrogens is 2. The first-order valence-electron chi connectivity index (χ1n) is 9.17. The van der Waals surface area contributed by atoms with Crippen molar-refractivity contribution in [3.8, 4) is 0 Å². The molecule has 2 heterocycles. The lowest BCUT2D eigenvalue weighted by Crippen LogP contribution is -2.35. The molecule has 0 spiro atoms. The van der Waals surface area contributed by atoms with Crippen LogP contribution in [-0.4, -0.2) is 22.6 Å². The fraction of sp³-hybridized carbons (Fsp3) is 0.526. The first-order valence-corrected chi connectivity index (χ1v) is 9.17. The highest BCUT2D eigenvalue weighted by molar-refractivity contribution is 5.94. The molecule has 0 aliphatic carbocycles. The summed E-state index contributed by atoms with van der Waals surface area (Å²) >= 11 is 0. The predicted octanol–water partition coefficient (Wildman–Crippen LogP) is 4.10. The molecule has 1 saturated heterocycles. The van der Waals surface area contributed by atoms with Crippen LogP contribution in [0.1, 0.15) is 63.7 Å². The number of hydrogen-bond donors (Lipinski definition) is 1. The van der Waals surface area contributed by atoms with Gasteiger partial charge in [0, 0.05) is 30.8 Å². The molecule has 6 heteroatoms. The van der Waals surface area contributed by atoms with Crippen molar-refractivity contribution in [2.75, 3.05) is 16.8 Å². The van der Waals surface area contributed by atoms with Crippen LogP contribution in [0.15, 0.2) is 28.8 Å². The van der Waals surface area contributed by atoms with Gasteiger partial charge in [0.1, 0.15) is 6.04 Å². The van der Waals surface area contributed by atoms with E-state index in [2.05, 4.69) is 22.4 Å². The molecule has 134 valence electrons. The molecule has 0 radical (unpaired) electrons. The largest absolute Gasteiger partial charge is 0.374 e. The molecule has 1 aliphatic heterocycles. The molecule has 1 fully saturated rings. The highest BCUT2D eigenvalue weighted by Crippen LogP contribution is 2.26. The Balaban J connectivity index is 1.67. The first kappa shape index (κ1) is 17.5. The monoisotopic (exact) mass is 342 g/mol. The number of nitrogens with one attached hydrogen (secondary N) is 1. The molecule has 1 atom stereocenters. The van der Waals surface area contributed by atoms with Crippen molar-refractivity contribution < 1.29 is 9.32 Å². The van der Waals surface area contributed by atoms with E-state index >= 15 is 0 Å². The Morgan fingerprint density at radius 1 is 1.36 bits per heavy atom. The van der Waals surface area contributed by atoms with Crippen LogP contribution in [0.3, 0.4) is 0 Å². The summed E-state index contributed by atoms with van der Waals surface area (Å²) in [7, 11) is 0. The van der Waals surface area contributed by atoms with Crippen LogP contribution < -0.4 is 10.2 Å². The lowest BCUT2D eigenvalue weighted by molar-refractivity contribution is -0.119. The Labute approximate surface area is 148 Å². The van der Waals surface area contributed by atoms with E-state index in [-0.39, 0.29) is 11.9 Å².